The van der Waals surface area contributed by atoms with Crippen LogP contribution in [-0.4, -0.2) is 42.5 Å². The summed E-state index contributed by atoms with van der Waals surface area (Å²) in [7, 11) is 0. The summed E-state index contributed by atoms with van der Waals surface area (Å²) in [5.74, 6) is 0.651. The van der Waals surface area contributed by atoms with E-state index in [0.717, 1.165) is 6.54 Å². The minimum absolute atomic E-state index is 0.651. The number of hydrogen-bond donors (Lipinski definition) is 0. The molecule has 1 atom stereocenters. The Bertz CT molecular complexity index is 559. The Kier molecular flexibility index (Phi) is 5.84. The van der Waals surface area contributed by atoms with Gasteiger partial charge in [0.25, 0.3) is 0 Å². The van der Waals surface area contributed by atoms with Crippen LogP contribution in [0.3, 0.4) is 0 Å². The average molecular weight is 308 g/mol. The van der Waals surface area contributed by atoms with E-state index in [-0.39, 0.29) is 0 Å². The minimum Gasteiger partial charge on any atom is -0.301 e. The molecule has 0 N–H and O–H groups in total. The van der Waals surface area contributed by atoms with Gasteiger partial charge in [0.2, 0.25) is 0 Å². The SMILES string of the molecule is CC(CCN1CCN(Cc2ccccc2)CC1)c1ccccc1. The molecule has 2 nitrogen and oxygen atoms in total. The predicted molar refractivity (Wildman–Crippen MR) is 97.6 cm³/mol. The van der Waals surface area contributed by atoms with Crippen LogP contribution >= 0.6 is 0 Å². The van der Waals surface area contributed by atoms with Gasteiger partial charge in [-0.3, -0.25) is 4.90 Å². The first-order valence-electron chi connectivity index (χ1n) is 8.85. The van der Waals surface area contributed by atoms with E-state index in [1.165, 1.54) is 50.3 Å². The van der Waals surface area contributed by atoms with Crippen LogP contribution in [-0.2, 0) is 6.54 Å². The summed E-state index contributed by atoms with van der Waals surface area (Å²) in [6.45, 7) is 9.44. The van der Waals surface area contributed by atoms with Crippen LogP contribution in [0.25, 0.3) is 0 Å². The van der Waals surface area contributed by atoms with Gasteiger partial charge >= 0.3 is 0 Å². The maximum atomic E-state index is 2.63. The second-order valence-electron chi connectivity index (χ2n) is 6.70. The Morgan fingerprint density at radius 1 is 0.783 bits per heavy atom. The van der Waals surface area contributed by atoms with Crippen molar-refractivity contribution in [3.8, 4) is 0 Å². The predicted octanol–water partition coefficient (Wildman–Crippen LogP) is 4.00. The normalized spacial score (nSPS) is 18.0. The molecule has 1 fully saturated rings. The number of rotatable bonds is 6. The average Bonchev–Trinajstić information content (AvgIpc) is 2.62. The van der Waals surface area contributed by atoms with Crippen molar-refractivity contribution in [1.82, 2.24) is 9.80 Å². The zero-order chi connectivity index (χ0) is 15.9. The van der Waals surface area contributed by atoms with E-state index < -0.39 is 0 Å². The van der Waals surface area contributed by atoms with Crippen LogP contribution in [0.2, 0.25) is 0 Å². The van der Waals surface area contributed by atoms with E-state index in [4.69, 9.17) is 0 Å². The summed E-state index contributed by atoms with van der Waals surface area (Å²) < 4.78 is 0. The van der Waals surface area contributed by atoms with Gasteiger partial charge in [-0.1, -0.05) is 67.6 Å². The molecule has 0 radical (unpaired) electrons. The highest BCUT2D eigenvalue weighted by Gasteiger charge is 2.17. The Morgan fingerprint density at radius 3 is 2.00 bits per heavy atom. The van der Waals surface area contributed by atoms with Gasteiger partial charge in [-0.25, -0.2) is 0 Å². The van der Waals surface area contributed by atoms with Gasteiger partial charge in [0.05, 0.1) is 0 Å². The second-order valence-corrected chi connectivity index (χ2v) is 6.70. The quantitative estimate of drug-likeness (QED) is 0.796. The van der Waals surface area contributed by atoms with E-state index in [1.807, 2.05) is 0 Å². The first-order valence-corrected chi connectivity index (χ1v) is 8.85. The molecule has 2 aromatic carbocycles. The third kappa shape index (κ3) is 4.92. The van der Waals surface area contributed by atoms with E-state index >= 15 is 0 Å². The van der Waals surface area contributed by atoms with Crippen LogP contribution in [0.15, 0.2) is 60.7 Å². The standard InChI is InChI=1S/C21H28N2/c1-19(21-10-6-3-7-11-21)12-13-22-14-16-23(17-15-22)18-20-8-4-2-5-9-20/h2-11,19H,12-18H2,1H3. The topological polar surface area (TPSA) is 6.48 Å². The van der Waals surface area contributed by atoms with E-state index in [2.05, 4.69) is 77.4 Å². The summed E-state index contributed by atoms with van der Waals surface area (Å²) in [5, 5.41) is 0. The molecule has 0 spiro atoms. The van der Waals surface area contributed by atoms with E-state index in [9.17, 15) is 0 Å². The maximum Gasteiger partial charge on any atom is 0.0234 e. The van der Waals surface area contributed by atoms with Crippen molar-refractivity contribution in [2.24, 2.45) is 0 Å². The molecule has 0 aliphatic carbocycles. The molecular formula is C21H28N2. The van der Waals surface area contributed by atoms with Gasteiger partial charge in [-0.15, -0.1) is 0 Å². The fourth-order valence-corrected chi connectivity index (χ4v) is 3.34. The van der Waals surface area contributed by atoms with Gasteiger partial charge in [0, 0.05) is 32.7 Å². The highest BCUT2D eigenvalue weighted by molar-refractivity contribution is 5.18. The van der Waals surface area contributed by atoms with Gasteiger partial charge < -0.3 is 4.90 Å². The molecule has 2 aromatic rings. The zero-order valence-corrected chi connectivity index (χ0v) is 14.2. The molecule has 0 bridgehead atoms. The van der Waals surface area contributed by atoms with Crippen molar-refractivity contribution in [2.45, 2.75) is 25.8 Å². The summed E-state index contributed by atoms with van der Waals surface area (Å²) in [6.07, 6.45) is 1.25. The molecule has 3 rings (SSSR count). The molecule has 1 unspecified atom stereocenters. The van der Waals surface area contributed by atoms with Crippen molar-refractivity contribution >= 4 is 0 Å². The van der Waals surface area contributed by atoms with Crippen LogP contribution in [0.1, 0.15) is 30.4 Å². The number of hydrogen-bond acceptors (Lipinski definition) is 2. The summed E-state index contributed by atoms with van der Waals surface area (Å²) in [5.41, 5.74) is 2.90. The Balaban J connectivity index is 1.39. The molecule has 23 heavy (non-hydrogen) atoms. The minimum atomic E-state index is 0.651. The third-order valence-corrected chi connectivity index (χ3v) is 4.96. The molecular weight excluding hydrogens is 280 g/mol. The Hall–Kier alpha value is -1.64. The van der Waals surface area contributed by atoms with E-state index in [0.29, 0.717) is 5.92 Å². The highest BCUT2D eigenvalue weighted by atomic mass is 15.3. The molecule has 0 aromatic heterocycles. The first kappa shape index (κ1) is 16.2. The highest BCUT2D eigenvalue weighted by Crippen LogP contribution is 2.19. The smallest absolute Gasteiger partial charge is 0.0234 e. The van der Waals surface area contributed by atoms with E-state index in [1.54, 1.807) is 0 Å². The molecule has 2 heteroatoms. The molecule has 122 valence electrons. The first-order chi connectivity index (χ1) is 11.3. The molecule has 1 saturated heterocycles. The second kappa shape index (κ2) is 8.28. The lowest BCUT2D eigenvalue weighted by Crippen LogP contribution is -2.46. The van der Waals surface area contributed by atoms with Crippen LogP contribution in [0.4, 0.5) is 0 Å². The third-order valence-electron chi connectivity index (χ3n) is 4.96. The fourth-order valence-electron chi connectivity index (χ4n) is 3.34. The Morgan fingerprint density at radius 2 is 1.35 bits per heavy atom. The largest absolute Gasteiger partial charge is 0.301 e. The van der Waals surface area contributed by atoms with Crippen molar-refractivity contribution < 1.29 is 0 Å². The summed E-state index contributed by atoms with van der Waals surface area (Å²) >= 11 is 0. The Labute approximate surface area is 140 Å². The van der Waals surface area contributed by atoms with Crippen molar-refractivity contribution in [3.05, 3.63) is 71.8 Å². The maximum absolute atomic E-state index is 2.63. The van der Waals surface area contributed by atoms with Gasteiger partial charge in [-0.05, 0) is 30.0 Å². The van der Waals surface area contributed by atoms with Crippen molar-refractivity contribution in [1.29, 1.82) is 0 Å². The van der Waals surface area contributed by atoms with Gasteiger partial charge in [0.1, 0.15) is 0 Å². The lowest BCUT2D eigenvalue weighted by molar-refractivity contribution is 0.125. The zero-order valence-electron chi connectivity index (χ0n) is 14.2. The fraction of sp³-hybridized carbons (Fsp3) is 0.429. The molecule has 1 heterocycles. The molecule has 1 aliphatic rings. The lowest BCUT2D eigenvalue weighted by atomic mass is 9.97. The van der Waals surface area contributed by atoms with Crippen molar-refractivity contribution in [2.75, 3.05) is 32.7 Å². The lowest BCUT2D eigenvalue weighted by Gasteiger charge is -2.35. The summed E-state index contributed by atoms with van der Waals surface area (Å²) in [6, 6.07) is 21.7. The summed E-state index contributed by atoms with van der Waals surface area (Å²) in [4.78, 5) is 5.20. The van der Waals surface area contributed by atoms with Gasteiger partial charge in [0.15, 0.2) is 0 Å². The molecule has 0 saturated carbocycles. The van der Waals surface area contributed by atoms with Crippen molar-refractivity contribution in [3.63, 3.8) is 0 Å². The number of benzene rings is 2. The van der Waals surface area contributed by atoms with Crippen LogP contribution < -0.4 is 0 Å². The number of piperazine rings is 1. The van der Waals surface area contributed by atoms with Crippen LogP contribution in [0, 0.1) is 0 Å². The molecule has 0 amide bonds. The monoisotopic (exact) mass is 308 g/mol. The number of nitrogens with zero attached hydrogens (tertiary/aromatic N) is 2. The van der Waals surface area contributed by atoms with Gasteiger partial charge in [-0.2, -0.15) is 0 Å². The molecule has 1 aliphatic heterocycles. The van der Waals surface area contributed by atoms with Crippen LogP contribution in [0.5, 0.6) is 0 Å².